The predicted octanol–water partition coefficient (Wildman–Crippen LogP) is 1.50. The number of sulfone groups is 1. The maximum Gasteiger partial charge on any atom is 0.337 e. The van der Waals surface area contributed by atoms with E-state index in [1.807, 2.05) is 22.6 Å². The molecule has 7 nitrogen and oxygen atoms in total. The molecule has 0 atom stereocenters. The Morgan fingerprint density at radius 3 is 2.52 bits per heavy atom. The van der Waals surface area contributed by atoms with E-state index in [2.05, 4.69) is 5.32 Å². The van der Waals surface area contributed by atoms with Gasteiger partial charge in [0.2, 0.25) is 0 Å². The molecule has 0 saturated carbocycles. The van der Waals surface area contributed by atoms with E-state index in [4.69, 9.17) is 5.11 Å². The lowest BCUT2D eigenvalue weighted by Gasteiger charge is -2.18. The molecule has 116 valence electrons. The highest BCUT2D eigenvalue weighted by molar-refractivity contribution is 14.1. The van der Waals surface area contributed by atoms with Crippen LogP contribution in [-0.2, 0) is 9.84 Å². The molecular formula is C12H15IN2O5S. The number of anilines is 1. The number of carbonyl (C=O) groups is 2. The van der Waals surface area contributed by atoms with Crippen molar-refractivity contribution in [3.05, 3.63) is 27.3 Å². The van der Waals surface area contributed by atoms with Gasteiger partial charge in [0.25, 0.3) is 0 Å². The molecule has 2 N–H and O–H groups in total. The summed E-state index contributed by atoms with van der Waals surface area (Å²) in [6, 6.07) is 4.03. The Bertz CT molecular complexity index is 660. The highest BCUT2D eigenvalue weighted by Gasteiger charge is 2.16. The lowest BCUT2D eigenvalue weighted by atomic mass is 10.2. The molecule has 9 heteroatoms. The second kappa shape index (κ2) is 7.07. The number of aromatic carboxylic acids is 1. The summed E-state index contributed by atoms with van der Waals surface area (Å²) in [5.41, 5.74) is 0.144. The minimum absolute atomic E-state index is 0.0215. The second-order valence-corrected chi connectivity index (χ2v) is 7.98. The van der Waals surface area contributed by atoms with Gasteiger partial charge in [0.1, 0.15) is 9.84 Å². The van der Waals surface area contributed by atoms with Crippen LogP contribution in [0.1, 0.15) is 10.4 Å². The molecule has 0 unspecified atom stereocenters. The Balaban J connectivity index is 2.81. The van der Waals surface area contributed by atoms with Crippen molar-refractivity contribution in [1.29, 1.82) is 0 Å². The number of rotatable bonds is 5. The van der Waals surface area contributed by atoms with E-state index in [0.717, 1.165) is 9.83 Å². The van der Waals surface area contributed by atoms with Crippen molar-refractivity contribution < 1.29 is 23.1 Å². The van der Waals surface area contributed by atoms with Crippen LogP contribution in [0.15, 0.2) is 18.2 Å². The van der Waals surface area contributed by atoms with Gasteiger partial charge in [0.15, 0.2) is 0 Å². The van der Waals surface area contributed by atoms with E-state index >= 15 is 0 Å². The van der Waals surface area contributed by atoms with Gasteiger partial charge in [-0.3, -0.25) is 0 Å². The SMILES string of the molecule is CN(CCS(C)(=O)=O)C(=O)Nc1ccc(I)cc1C(=O)O. The van der Waals surface area contributed by atoms with Gasteiger partial charge in [-0.05, 0) is 40.8 Å². The minimum Gasteiger partial charge on any atom is -0.478 e. The van der Waals surface area contributed by atoms with E-state index in [1.54, 1.807) is 6.07 Å². The summed E-state index contributed by atoms with van der Waals surface area (Å²) in [6.07, 6.45) is 1.08. The zero-order chi connectivity index (χ0) is 16.2. The van der Waals surface area contributed by atoms with Crippen LogP contribution in [0, 0.1) is 3.57 Å². The molecule has 0 aliphatic carbocycles. The van der Waals surface area contributed by atoms with Crippen LogP contribution >= 0.6 is 22.6 Å². The molecule has 1 aromatic carbocycles. The number of amides is 2. The van der Waals surface area contributed by atoms with E-state index in [9.17, 15) is 18.0 Å². The number of carboxylic acids is 1. The molecule has 0 fully saturated rings. The van der Waals surface area contributed by atoms with Gasteiger partial charge in [-0.25, -0.2) is 18.0 Å². The van der Waals surface area contributed by atoms with Crippen molar-refractivity contribution in [2.45, 2.75) is 0 Å². The average molecular weight is 426 g/mol. The Hall–Kier alpha value is -1.36. The fraction of sp³-hybridized carbons (Fsp3) is 0.333. The van der Waals surface area contributed by atoms with Gasteiger partial charge < -0.3 is 15.3 Å². The first-order valence-corrected chi connectivity index (χ1v) is 8.97. The zero-order valence-corrected chi connectivity index (χ0v) is 14.4. The second-order valence-electron chi connectivity index (χ2n) is 4.48. The van der Waals surface area contributed by atoms with Crippen molar-refractivity contribution >= 4 is 50.1 Å². The van der Waals surface area contributed by atoms with Crippen LogP contribution in [-0.4, -0.2) is 56.0 Å². The van der Waals surface area contributed by atoms with Gasteiger partial charge in [-0.1, -0.05) is 0 Å². The van der Waals surface area contributed by atoms with Crippen LogP contribution < -0.4 is 5.32 Å². The summed E-state index contributed by atoms with van der Waals surface area (Å²) >= 11 is 1.97. The van der Waals surface area contributed by atoms with Crippen LogP contribution in [0.5, 0.6) is 0 Å². The van der Waals surface area contributed by atoms with E-state index in [-0.39, 0.29) is 23.5 Å². The highest BCUT2D eigenvalue weighted by Crippen LogP contribution is 2.19. The third-order valence-corrected chi connectivity index (χ3v) is 4.19. The Labute approximate surface area is 136 Å². The maximum atomic E-state index is 11.9. The molecule has 1 rings (SSSR count). The molecule has 0 radical (unpaired) electrons. The number of halogens is 1. The molecule has 1 aromatic rings. The largest absolute Gasteiger partial charge is 0.478 e. The highest BCUT2D eigenvalue weighted by atomic mass is 127. The number of benzene rings is 1. The number of carbonyl (C=O) groups excluding carboxylic acids is 1. The first kappa shape index (κ1) is 17.7. The normalized spacial score (nSPS) is 11.0. The summed E-state index contributed by atoms with van der Waals surface area (Å²) < 4.78 is 22.9. The third kappa shape index (κ3) is 5.87. The molecule has 0 aromatic heterocycles. The third-order valence-electron chi connectivity index (χ3n) is 2.60. The Kier molecular flexibility index (Phi) is 5.96. The number of nitrogens with one attached hydrogen (secondary N) is 1. The number of urea groups is 1. The van der Waals surface area contributed by atoms with Crippen molar-refractivity contribution in [3.63, 3.8) is 0 Å². The summed E-state index contributed by atoms with van der Waals surface area (Å²) in [5, 5.41) is 11.6. The molecule has 0 saturated heterocycles. The summed E-state index contributed by atoms with van der Waals surface area (Å²) in [4.78, 5) is 24.2. The molecule has 2 amide bonds. The number of hydrogen-bond donors (Lipinski definition) is 2. The predicted molar refractivity (Wildman–Crippen MR) is 87.5 cm³/mol. The van der Waals surface area contributed by atoms with E-state index < -0.39 is 21.8 Å². The van der Waals surface area contributed by atoms with Gasteiger partial charge >= 0.3 is 12.0 Å². The summed E-state index contributed by atoms with van der Waals surface area (Å²) in [6.45, 7) is 0.0252. The lowest BCUT2D eigenvalue weighted by molar-refractivity contribution is 0.0698. The lowest BCUT2D eigenvalue weighted by Crippen LogP contribution is -2.35. The first-order chi connectivity index (χ1) is 9.60. The van der Waals surface area contributed by atoms with Crippen LogP contribution in [0.25, 0.3) is 0 Å². The summed E-state index contributed by atoms with van der Waals surface area (Å²) in [5.74, 6) is -1.31. The quantitative estimate of drug-likeness (QED) is 0.695. The standard InChI is InChI=1S/C12H15IN2O5S/c1-15(5-6-21(2,19)20)12(18)14-10-4-3-8(13)7-9(10)11(16)17/h3-4,7H,5-6H2,1-2H3,(H,14,18)(H,16,17). The molecule has 0 aliphatic heterocycles. The number of hydrogen-bond acceptors (Lipinski definition) is 4. The van der Waals surface area contributed by atoms with Crippen molar-refractivity contribution in [1.82, 2.24) is 4.90 Å². The fourth-order valence-electron chi connectivity index (χ4n) is 1.42. The van der Waals surface area contributed by atoms with E-state index in [1.165, 1.54) is 24.1 Å². The Morgan fingerprint density at radius 1 is 1.38 bits per heavy atom. The number of nitrogens with zero attached hydrogens (tertiary/aromatic N) is 1. The first-order valence-electron chi connectivity index (χ1n) is 5.83. The topological polar surface area (TPSA) is 104 Å². The van der Waals surface area contributed by atoms with Crippen molar-refractivity contribution in [3.8, 4) is 0 Å². The van der Waals surface area contributed by atoms with Crippen molar-refractivity contribution in [2.24, 2.45) is 0 Å². The van der Waals surface area contributed by atoms with Crippen LogP contribution in [0.4, 0.5) is 10.5 Å². The Morgan fingerprint density at radius 2 is 2.00 bits per heavy atom. The zero-order valence-electron chi connectivity index (χ0n) is 11.5. The molecule has 0 aliphatic rings. The van der Waals surface area contributed by atoms with Crippen LogP contribution in [0.3, 0.4) is 0 Å². The summed E-state index contributed by atoms with van der Waals surface area (Å²) in [7, 11) is -1.73. The van der Waals surface area contributed by atoms with Gasteiger partial charge in [-0.15, -0.1) is 0 Å². The molecule has 0 bridgehead atoms. The smallest absolute Gasteiger partial charge is 0.337 e. The van der Waals surface area contributed by atoms with Gasteiger partial charge in [0, 0.05) is 23.4 Å². The maximum absolute atomic E-state index is 11.9. The molecule has 0 spiro atoms. The minimum atomic E-state index is -3.17. The van der Waals surface area contributed by atoms with Gasteiger partial charge in [-0.2, -0.15) is 0 Å². The van der Waals surface area contributed by atoms with Crippen LogP contribution in [0.2, 0.25) is 0 Å². The monoisotopic (exact) mass is 426 g/mol. The molecular weight excluding hydrogens is 411 g/mol. The fourth-order valence-corrected chi connectivity index (χ4v) is 2.51. The van der Waals surface area contributed by atoms with E-state index in [0.29, 0.717) is 0 Å². The van der Waals surface area contributed by atoms with Gasteiger partial charge in [0.05, 0.1) is 17.0 Å². The average Bonchev–Trinajstić information content (AvgIpc) is 2.36. The number of carboxylic acid groups (broad SMARTS) is 1. The van der Waals surface area contributed by atoms with Crippen molar-refractivity contribution in [2.75, 3.05) is 30.9 Å². The molecule has 21 heavy (non-hydrogen) atoms. The molecule has 0 heterocycles.